The van der Waals surface area contributed by atoms with Crippen LogP contribution in [0.5, 0.6) is 0 Å². The van der Waals surface area contributed by atoms with Crippen molar-refractivity contribution in [2.24, 2.45) is 11.3 Å². The van der Waals surface area contributed by atoms with Crippen LogP contribution in [0.15, 0.2) is 0 Å². The monoisotopic (exact) mass is 199 g/mol. The first kappa shape index (κ1) is 12.0. The van der Waals surface area contributed by atoms with E-state index in [1.54, 1.807) is 0 Å². The van der Waals surface area contributed by atoms with Gasteiger partial charge >= 0.3 is 0 Å². The third kappa shape index (κ3) is 3.25. The lowest BCUT2D eigenvalue weighted by atomic mass is 9.89. The zero-order valence-corrected chi connectivity index (χ0v) is 10.1. The summed E-state index contributed by atoms with van der Waals surface area (Å²) in [5.41, 5.74) is 0.0469. The molecular formula is C12H25NO. The topological polar surface area (TPSA) is 23.5 Å². The molecule has 0 radical (unpaired) electrons. The zero-order valence-electron chi connectivity index (χ0n) is 10.1. The Kier molecular flexibility index (Phi) is 3.96. The molecule has 1 N–H and O–H groups in total. The summed E-state index contributed by atoms with van der Waals surface area (Å²) < 4.78 is 0. The standard InChI is InChI=1S/C12H25NO/c1-10-5-6-11(2)13(7-10)8-12(3,4)9-14/h10-11,14H,5-9H2,1-4H3. The molecule has 0 aliphatic carbocycles. The molecule has 1 aliphatic heterocycles. The molecule has 2 unspecified atom stereocenters. The maximum Gasteiger partial charge on any atom is 0.0494 e. The predicted molar refractivity (Wildman–Crippen MR) is 60.3 cm³/mol. The fraction of sp³-hybridized carbons (Fsp3) is 1.00. The molecule has 0 bridgehead atoms. The van der Waals surface area contributed by atoms with E-state index in [9.17, 15) is 5.11 Å². The van der Waals surface area contributed by atoms with E-state index in [2.05, 4.69) is 32.6 Å². The number of hydrogen-bond donors (Lipinski definition) is 1. The highest BCUT2D eigenvalue weighted by Crippen LogP contribution is 2.25. The molecule has 1 saturated heterocycles. The molecule has 0 saturated carbocycles. The average Bonchev–Trinajstić information content (AvgIpc) is 2.11. The van der Waals surface area contributed by atoms with Crippen LogP contribution in [0.4, 0.5) is 0 Å². The molecule has 1 heterocycles. The fourth-order valence-corrected chi connectivity index (χ4v) is 2.20. The molecule has 0 aromatic heterocycles. The van der Waals surface area contributed by atoms with Crippen molar-refractivity contribution in [3.63, 3.8) is 0 Å². The molecule has 1 aliphatic rings. The van der Waals surface area contributed by atoms with Crippen LogP contribution in [0.25, 0.3) is 0 Å². The molecular weight excluding hydrogens is 174 g/mol. The Hall–Kier alpha value is -0.0800. The second-order valence-electron chi connectivity index (χ2n) is 5.78. The first-order chi connectivity index (χ1) is 6.44. The average molecular weight is 199 g/mol. The summed E-state index contributed by atoms with van der Waals surface area (Å²) in [5.74, 6) is 0.820. The van der Waals surface area contributed by atoms with E-state index >= 15 is 0 Å². The molecule has 0 aromatic carbocycles. The number of likely N-dealkylation sites (tertiary alicyclic amines) is 1. The van der Waals surface area contributed by atoms with Gasteiger partial charge in [0.1, 0.15) is 0 Å². The summed E-state index contributed by atoms with van der Waals surface area (Å²) in [4.78, 5) is 2.53. The van der Waals surface area contributed by atoms with Gasteiger partial charge in [0, 0.05) is 31.2 Å². The van der Waals surface area contributed by atoms with Crippen LogP contribution in [0, 0.1) is 11.3 Å². The molecule has 0 spiro atoms. The molecule has 0 aromatic rings. The second-order valence-corrected chi connectivity index (χ2v) is 5.78. The van der Waals surface area contributed by atoms with Crippen molar-refractivity contribution in [2.75, 3.05) is 19.7 Å². The summed E-state index contributed by atoms with van der Waals surface area (Å²) in [6.45, 7) is 11.4. The van der Waals surface area contributed by atoms with E-state index in [4.69, 9.17) is 0 Å². The van der Waals surface area contributed by atoms with Gasteiger partial charge in [0.2, 0.25) is 0 Å². The normalized spacial score (nSPS) is 30.6. The third-order valence-corrected chi connectivity index (χ3v) is 3.31. The van der Waals surface area contributed by atoms with Gasteiger partial charge in [0.25, 0.3) is 0 Å². The first-order valence-corrected chi connectivity index (χ1v) is 5.79. The third-order valence-electron chi connectivity index (χ3n) is 3.31. The van der Waals surface area contributed by atoms with Gasteiger partial charge in [-0.15, -0.1) is 0 Å². The molecule has 14 heavy (non-hydrogen) atoms. The van der Waals surface area contributed by atoms with E-state index in [0.29, 0.717) is 6.04 Å². The van der Waals surface area contributed by atoms with E-state index < -0.39 is 0 Å². The van der Waals surface area contributed by atoms with E-state index in [1.807, 2.05) is 0 Å². The Labute approximate surface area is 88.3 Å². The van der Waals surface area contributed by atoms with Crippen LogP contribution < -0.4 is 0 Å². The lowest BCUT2D eigenvalue weighted by molar-refractivity contribution is 0.0504. The quantitative estimate of drug-likeness (QED) is 0.752. The lowest BCUT2D eigenvalue weighted by Gasteiger charge is -2.40. The summed E-state index contributed by atoms with van der Waals surface area (Å²) >= 11 is 0. The Morgan fingerprint density at radius 2 is 1.93 bits per heavy atom. The Balaban J connectivity index is 2.49. The lowest BCUT2D eigenvalue weighted by Crippen LogP contribution is -2.46. The second kappa shape index (κ2) is 4.63. The van der Waals surface area contributed by atoms with Gasteiger partial charge in [-0.3, -0.25) is 4.90 Å². The Bertz CT molecular complexity index is 179. The highest BCUT2D eigenvalue weighted by Gasteiger charge is 2.28. The van der Waals surface area contributed by atoms with Crippen LogP contribution in [-0.4, -0.2) is 35.7 Å². The predicted octanol–water partition coefficient (Wildman–Crippen LogP) is 2.13. The van der Waals surface area contributed by atoms with Gasteiger partial charge in [-0.1, -0.05) is 20.8 Å². The molecule has 2 heteroatoms. The van der Waals surface area contributed by atoms with Gasteiger partial charge < -0.3 is 5.11 Å². The van der Waals surface area contributed by atoms with Crippen LogP contribution in [0.1, 0.15) is 40.5 Å². The molecule has 2 nitrogen and oxygen atoms in total. The van der Waals surface area contributed by atoms with E-state index in [-0.39, 0.29) is 12.0 Å². The van der Waals surface area contributed by atoms with Crippen molar-refractivity contribution in [2.45, 2.75) is 46.6 Å². The minimum absolute atomic E-state index is 0.0469. The van der Waals surface area contributed by atoms with Crippen LogP contribution in [0.3, 0.4) is 0 Å². The van der Waals surface area contributed by atoms with E-state index in [0.717, 1.165) is 12.5 Å². The van der Waals surface area contributed by atoms with Crippen LogP contribution in [0.2, 0.25) is 0 Å². The fourth-order valence-electron chi connectivity index (χ4n) is 2.20. The van der Waals surface area contributed by atoms with Crippen molar-refractivity contribution >= 4 is 0 Å². The highest BCUT2D eigenvalue weighted by atomic mass is 16.3. The Morgan fingerprint density at radius 1 is 1.29 bits per heavy atom. The molecule has 84 valence electrons. The maximum atomic E-state index is 9.25. The highest BCUT2D eigenvalue weighted by molar-refractivity contribution is 4.81. The Morgan fingerprint density at radius 3 is 2.50 bits per heavy atom. The zero-order chi connectivity index (χ0) is 10.8. The van der Waals surface area contributed by atoms with Crippen molar-refractivity contribution in [3.05, 3.63) is 0 Å². The van der Waals surface area contributed by atoms with Gasteiger partial charge in [-0.2, -0.15) is 0 Å². The van der Waals surface area contributed by atoms with Crippen LogP contribution >= 0.6 is 0 Å². The number of piperidine rings is 1. The van der Waals surface area contributed by atoms with Crippen molar-refractivity contribution in [1.82, 2.24) is 4.90 Å². The van der Waals surface area contributed by atoms with Crippen molar-refractivity contribution < 1.29 is 5.11 Å². The van der Waals surface area contributed by atoms with E-state index in [1.165, 1.54) is 19.4 Å². The number of aliphatic hydroxyl groups excluding tert-OH is 1. The van der Waals surface area contributed by atoms with Crippen LogP contribution in [-0.2, 0) is 0 Å². The van der Waals surface area contributed by atoms with Gasteiger partial charge in [-0.05, 0) is 25.7 Å². The maximum absolute atomic E-state index is 9.25. The number of hydrogen-bond acceptors (Lipinski definition) is 2. The smallest absolute Gasteiger partial charge is 0.0494 e. The van der Waals surface area contributed by atoms with Gasteiger partial charge in [0.15, 0.2) is 0 Å². The summed E-state index contributed by atoms with van der Waals surface area (Å²) in [7, 11) is 0. The minimum atomic E-state index is 0.0469. The number of rotatable bonds is 3. The molecule has 2 atom stereocenters. The molecule has 1 fully saturated rings. The SMILES string of the molecule is CC1CCC(C)N(CC(C)(C)CO)C1. The number of nitrogens with zero attached hydrogens (tertiary/aromatic N) is 1. The molecule has 1 rings (SSSR count). The first-order valence-electron chi connectivity index (χ1n) is 5.79. The molecule has 0 amide bonds. The van der Waals surface area contributed by atoms with Gasteiger partial charge in [-0.25, -0.2) is 0 Å². The minimum Gasteiger partial charge on any atom is -0.396 e. The summed E-state index contributed by atoms with van der Waals surface area (Å²) in [6.07, 6.45) is 2.67. The number of aliphatic hydroxyl groups is 1. The largest absolute Gasteiger partial charge is 0.396 e. The summed E-state index contributed by atoms with van der Waals surface area (Å²) in [6, 6.07) is 0.692. The summed E-state index contributed by atoms with van der Waals surface area (Å²) in [5, 5.41) is 9.25. The van der Waals surface area contributed by atoms with Crippen molar-refractivity contribution in [3.8, 4) is 0 Å². The van der Waals surface area contributed by atoms with Crippen molar-refractivity contribution in [1.29, 1.82) is 0 Å². The van der Waals surface area contributed by atoms with Gasteiger partial charge in [0.05, 0.1) is 0 Å².